The largest absolute Gasteiger partial charge is 0.337 e. The summed E-state index contributed by atoms with van der Waals surface area (Å²) < 4.78 is 40.6. The number of rotatable bonds is 6. The van der Waals surface area contributed by atoms with Crippen molar-refractivity contribution in [2.45, 2.75) is 17.2 Å². The van der Waals surface area contributed by atoms with Crippen LogP contribution in [0, 0.1) is 5.82 Å². The zero-order valence-corrected chi connectivity index (χ0v) is 19.0. The number of nitrogens with one attached hydrogen (secondary N) is 1. The van der Waals surface area contributed by atoms with Gasteiger partial charge in [0.1, 0.15) is 10.0 Å². The number of anilines is 1. The number of hydrogen-bond acceptors (Lipinski definition) is 5. The Balaban J connectivity index is 1.35. The van der Waals surface area contributed by atoms with Gasteiger partial charge >= 0.3 is 0 Å². The summed E-state index contributed by atoms with van der Waals surface area (Å²) in [7, 11) is -3.62. The molecule has 1 fully saturated rings. The van der Waals surface area contributed by atoms with Crippen molar-refractivity contribution in [1.82, 2.24) is 9.80 Å². The highest BCUT2D eigenvalue weighted by atomic mass is 32.2. The minimum atomic E-state index is -3.62. The van der Waals surface area contributed by atoms with Crippen molar-refractivity contribution in [1.29, 1.82) is 0 Å². The van der Waals surface area contributed by atoms with E-state index in [1.807, 2.05) is 4.90 Å². The van der Waals surface area contributed by atoms with E-state index in [-0.39, 0.29) is 15.9 Å². The number of carbonyl (C=O) groups is 1. The number of benzene rings is 2. The molecule has 168 valence electrons. The predicted octanol–water partition coefficient (Wildman–Crippen LogP) is 4.04. The normalized spacial score (nSPS) is 15.3. The number of thiophene rings is 1. The van der Waals surface area contributed by atoms with E-state index >= 15 is 0 Å². The highest BCUT2D eigenvalue weighted by Crippen LogP contribution is 2.21. The molecule has 0 radical (unpaired) electrons. The smallest absolute Gasteiger partial charge is 0.271 e. The van der Waals surface area contributed by atoms with Crippen molar-refractivity contribution in [3.8, 4) is 0 Å². The van der Waals surface area contributed by atoms with Crippen LogP contribution in [0.15, 0.2) is 70.3 Å². The fourth-order valence-corrected chi connectivity index (χ4v) is 5.72. The summed E-state index contributed by atoms with van der Waals surface area (Å²) in [6, 6.07) is 16.3. The molecule has 1 N–H and O–H groups in total. The quantitative estimate of drug-likeness (QED) is 0.587. The third-order valence-corrected chi connectivity index (χ3v) is 8.12. The Morgan fingerprint density at radius 1 is 0.969 bits per heavy atom. The van der Waals surface area contributed by atoms with E-state index in [1.54, 1.807) is 53.9 Å². The zero-order valence-electron chi connectivity index (χ0n) is 17.4. The van der Waals surface area contributed by atoms with Crippen LogP contribution >= 0.6 is 11.3 Å². The summed E-state index contributed by atoms with van der Waals surface area (Å²) in [5.74, 6) is -0.312. The SMILES string of the molecule is O=C(c1ccc(NS(=O)(=O)c2cccs2)cc1)N1CCCN(Cc2ccc(F)cc2)CC1. The second kappa shape index (κ2) is 9.81. The third-order valence-electron chi connectivity index (χ3n) is 5.34. The summed E-state index contributed by atoms with van der Waals surface area (Å²) in [5.41, 5.74) is 1.99. The molecule has 32 heavy (non-hydrogen) atoms. The van der Waals surface area contributed by atoms with Crippen LogP contribution in [0.3, 0.4) is 0 Å². The molecule has 0 bridgehead atoms. The summed E-state index contributed by atoms with van der Waals surface area (Å²) in [6.45, 7) is 3.59. The van der Waals surface area contributed by atoms with Crippen molar-refractivity contribution in [3.05, 3.63) is 83.0 Å². The van der Waals surface area contributed by atoms with Gasteiger partial charge in [0.2, 0.25) is 0 Å². The van der Waals surface area contributed by atoms with Crippen molar-refractivity contribution in [3.63, 3.8) is 0 Å². The minimum absolute atomic E-state index is 0.0682. The maximum absolute atomic E-state index is 13.1. The molecule has 1 aromatic heterocycles. The van der Waals surface area contributed by atoms with Gasteiger partial charge in [0.15, 0.2) is 0 Å². The molecule has 2 heterocycles. The van der Waals surface area contributed by atoms with E-state index in [9.17, 15) is 17.6 Å². The molecule has 0 unspecified atom stereocenters. The molecule has 4 rings (SSSR count). The standard InChI is InChI=1S/C23H24FN3O3S2/c24-20-8-4-18(5-9-20)17-26-12-2-13-27(15-14-26)23(28)19-6-10-21(11-7-19)25-32(29,30)22-3-1-16-31-22/h1,3-11,16,25H,2,12-15,17H2. The average molecular weight is 474 g/mol. The van der Waals surface area contributed by atoms with E-state index in [0.717, 1.165) is 43.0 Å². The van der Waals surface area contributed by atoms with E-state index in [4.69, 9.17) is 0 Å². The van der Waals surface area contributed by atoms with Crippen molar-refractivity contribution >= 4 is 33.0 Å². The zero-order chi connectivity index (χ0) is 22.6. The Morgan fingerprint density at radius 3 is 2.41 bits per heavy atom. The third kappa shape index (κ3) is 5.53. The number of sulfonamides is 1. The lowest BCUT2D eigenvalue weighted by Gasteiger charge is -2.22. The fraction of sp³-hybridized carbons (Fsp3) is 0.261. The topological polar surface area (TPSA) is 69.7 Å². The van der Waals surface area contributed by atoms with Gasteiger partial charge in [-0.1, -0.05) is 18.2 Å². The van der Waals surface area contributed by atoms with Gasteiger partial charge in [0.05, 0.1) is 0 Å². The molecule has 0 spiro atoms. The predicted molar refractivity (Wildman–Crippen MR) is 124 cm³/mol. The number of nitrogens with zero attached hydrogens (tertiary/aromatic N) is 2. The molecule has 0 atom stereocenters. The van der Waals surface area contributed by atoms with Gasteiger partial charge in [-0.15, -0.1) is 11.3 Å². The van der Waals surface area contributed by atoms with E-state index in [0.29, 0.717) is 24.3 Å². The summed E-state index contributed by atoms with van der Waals surface area (Å²) >= 11 is 1.15. The van der Waals surface area contributed by atoms with Crippen molar-refractivity contribution in [2.24, 2.45) is 0 Å². The maximum atomic E-state index is 13.1. The number of hydrogen-bond donors (Lipinski definition) is 1. The van der Waals surface area contributed by atoms with E-state index < -0.39 is 10.0 Å². The lowest BCUT2D eigenvalue weighted by Crippen LogP contribution is -2.35. The molecule has 0 aliphatic carbocycles. The molecule has 1 aliphatic rings. The Kier molecular flexibility index (Phi) is 6.88. The molecule has 1 amide bonds. The number of amides is 1. The molecular formula is C23H24FN3O3S2. The average Bonchev–Trinajstić information content (AvgIpc) is 3.24. The molecule has 9 heteroatoms. The Hall–Kier alpha value is -2.75. The van der Waals surface area contributed by atoms with Gasteiger partial charge in [-0.25, -0.2) is 12.8 Å². The van der Waals surface area contributed by atoms with Crippen LogP contribution in [0.1, 0.15) is 22.3 Å². The van der Waals surface area contributed by atoms with Gasteiger partial charge in [-0.05, 0) is 59.8 Å². The second-order valence-corrected chi connectivity index (χ2v) is 10.5. The van der Waals surface area contributed by atoms with Gasteiger partial charge in [0.25, 0.3) is 15.9 Å². The van der Waals surface area contributed by atoms with Crippen LogP contribution in [0.4, 0.5) is 10.1 Å². The Labute approximate surface area is 191 Å². The maximum Gasteiger partial charge on any atom is 0.271 e. The number of halogens is 1. The second-order valence-electron chi connectivity index (χ2n) is 7.66. The fourth-order valence-electron chi connectivity index (χ4n) is 3.67. The van der Waals surface area contributed by atoms with Crippen LogP contribution in [0.2, 0.25) is 0 Å². The molecule has 1 aliphatic heterocycles. The van der Waals surface area contributed by atoms with Gasteiger partial charge < -0.3 is 4.90 Å². The van der Waals surface area contributed by atoms with Crippen LogP contribution < -0.4 is 4.72 Å². The van der Waals surface area contributed by atoms with E-state index in [1.165, 1.54) is 12.1 Å². The molecule has 3 aromatic rings. The Bertz CT molecular complexity index is 1150. The van der Waals surface area contributed by atoms with Crippen LogP contribution in [-0.4, -0.2) is 50.3 Å². The van der Waals surface area contributed by atoms with Crippen molar-refractivity contribution < 1.29 is 17.6 Å². The molecular weight excluding hydrogens is 449 g/mol. The minimum Gasteiger partial charge on any atom is -0.337 e. The lowest BCUT2D eigenvalue weighted by atomic mass is 10.2. The molecule has 6 nitrogen and oxygen atoms in total. The first-order valence-corrected chi connectivity index (χ1v) is 12.7. The van der Waals surface area contributed by atoms with Gasteiger partial charge in [-0.3, -0.25) is 14.4 Å². The first kappa shape index (κ1) is 22.4. The van der Waals surface area contributed by atoms with E-state index in [2.05, 4.69) is 9.62 Å². The van der Waals surface area contributed by atoms with Crippen LogP contribution in [-0.2, 0) is 16.6 Å². The number of carbonyl (C=O) groups excluding carboxylic acids is 1. The first-order valence-electron chi connectivity index (χ1n) is 10.3. The first-order chi connectivity index (χ1) is 15.4. The van der Waals surface area contributed by atoms with Gasteiger partial charge in [0, 0.05) is 44.0 Å². The highest BCUT2D eigenvalue weighted by molar-refractivity contribution is 7.94. The van der Waals surface area contributed by atoms with Crippen LogP contribution in [0.25, 0.3) is 0 Å². The van der Waals surface area contributed by atoms with Crippen LogP contribution in [0.5, 0.6) is 0 Å². The molecule has 0 saturated carbocycles. The highest BCUT2D eigenvalue weighted by Gasteiger charge is 2.21. The lowest BCUT2D eigenvalue weighted by molar-refractivity contribution is 0.0761. The molecule has 1 saturated heterocycles. The molecule has 2 aromatic carbocycles. The summed E-state index contributed by atoms with van der Waals surface area (Å²) in [5, 5.41) is 1.71. The Morgan fingerprint density at radius 2 is 1.72 bits per heavy atom. The summed E-state index contributed by atoms with van der Waals surface area (Å²) in [6.07, 6.45) is 0.853. The van der Waals surface area contributed by atoms with Crippen molar-refractivity contribution in [2.75, 3.05) is 30.9 Å². The van der Waals surface area contributed by atoms with Gasteiger partial charge in [-0.2, -0.15) is 0 Å². The monoisotopic (exact) mass is 473 g/mol. The summed E-state index contributed by atoms with van der Waals surface area (Å²) in [4.78, 5) is 17.1.